The standard InChI is InChI=1S/C14H23NO2S/c1-12(14-6-4-10-18-14)15-7-9-16-11-13-5-2-3-8-17-13/h4,6,10,12-13,15H,2-3,5,7-9,11H2,1H3. The quantitative estimate of drug-likeness (QED) is 0.772. The second-order valence-electron chi connectivity index (χ2n) is 4.75. The molecule has 0 aliphatic carbocycles. The van der Waals surface area contributed by atoms with E-state index in [4.69, 9.17) is 9.47 Å². The van der Waals surface area contributed by atoms with Crippen molar-refractivity contribution in [3.8, 4) is 0 Å². The molecule has 1 aromatic rings. The lowest BCUT2D eigenvalue weighted by atomic mass is 10.1. The fourth-order valence-corrected chi connectivity index (χ4v) is 2.90. The van der Waals surface area contributed by atoms with E-state index in [9.17, 15) is 0 Å². The van der Waals surface area contributed by atoms with Crippen molar-refractivity contribution in [1.82, 2.24) is 5.32 Å². The Kier molecular flexibility index (Phi) is 6.14. The van der Waals surface area contributed by atoms with Crippen molar-refractivity contribution in [2.75, 3.05) is 26.4 Å². The molecule has 0 bridgehead atoms. The van der Waals surface area contributed by atoms with Crippen molar-refractivity contribution >= 4 is 11.3 Å². The minimum absolute atomic E-state index is 0.327. The van der Waals surface area contributed by atoms with Gasteiger partial charge in [-0.3, -0.25) is 0 Å². The van der Waals surface area contributed by atoms with E-state index in [1.165, 1.54) is 17.7 Å². The van der Waals surface area contributed by atoms with Crippen LogP contribution in [0.15, 0.2) is 17.5 Å². The highest BCUT2D eigenvalue weighted by atomic mass is 32.1. The van der Waals surface area contributed by atoms with Gasteiger partial charge in [0.1, 0.15) is 0 Å². The summed E-state index contributed by atoms with van der Waals surface area (Å²) in [5.41, 5.74) is 0. The SMILES string of the molecule is CC(NCCOCC1CCCCO1)c1cccs1. The Morgan fingerprint density at radius 2 is 2.50 bits per heavy atom. The average Bonchev–Trinajstić information content (AvgIpc) is 2.93. The molecule has 0 spiro atoms. The highest BCUT2D eigenvalue weighted by Gasteiger charge is 2.13. The van der Waals surface area contributed by atoms with Gasteiger partial charge in [0.15, 0.2) is 0 Å². The van der Waals surface area contributed by atoms with Gasteiger partial charge in [-0.25, -0.2) is 0 Å². The molecular formula is C14H23NO2S. The molecule has 1 N–H and O–H groups in total. The third kappa shape index (κ3) is 4.69. The van der Waals surface area contributed by atoms with E-state index < -0.39 is 0 Å². The molecule has 1 aromatic heterocycles. The van der Waals surface area contributed by atoms with Gasteiger partial charge >= 0.3 is 0 Å². The van der Waals surface area contributed by atoms with Crippen molar-refractivity contribution in [2.24, 2.45) is 0 Å². The molecular weight excluding hydrogens is 246 g/mol. The third-order valence-electron chi connectivity index (χ3n) is 3.24. The van der Waals surface area contributed by atoms with Gasteiger partial charge in [-0.2, -0.15) is 0 Å². The van der Waals surface area contributed by atoms with Crippen LogP contribution in [-0.4, -0.2) is 32.5 Å². The van der Waals surface area contributed by atoms with Crippen LogP contribution in [0.1, 0.15) is 37.1 Å². The maximum atomic E-state index is 5.66. The van der Waals surface area contributed by atoms with Crippen LogP contribution in [0.4, 0.5) is 0 Å². The number of nitrogens with one attached hydrogen (secondary N) is 1. The normalized spacial score (nSPS) is 21.9. The second kappa shape index (κ2) is 7.89. The minimum Gasteiger partial charge on any atom is -0.377 e. The predicted octanol–water partition coefficient (Wildman–Crippen LogP) is 2.98. The van der Waals surface area contributed by atoms with Crippen molar-refractivity contribution < 1.29 is 9.47 Å². The molecule has 1 fully saturated rings. The van der Waals surface area contributed by atoms with Gasteiger partial charge in [0, 0.05) is 24.1 Å². The minimum atomic E-state index is 0.327. The van der Waals surface area contributed by atoms with E-state index >= 15 is 0 Å². The van der Waals surface area contributed by atoms with Gasteiger partial charge in [0.2, 0.25) is 0 Å². The third-order valence-corrected chi connectivity index (χ3v) is 4.30. The molecule has 18 heavy (non-hydrogen) atoms. The van der Waals surface area contributed by atoms with E-state index in [2.05, 4.69) is 29.8 Å². The molecule has 2 rings (SSSR count). The molecule has 102 valence electrons. The first-order valence-corrected chi connectivity index (χ1v) is 7.70. The first-order valence-electron chi connectivity index (χ1n) is 6.82. The molecule has 0 radical (unpaired) electrons. The molecule has 2 unspecified atom stereocenters. The summed E-state index contributed by atoms with van der Waals surface area (Å²) in [6.07, 6.45) is 3.96. The Balaban J connectivity index is 1.50. The van der Waals surface area contributed by atoms with Gasteiger partial charge in [-0.15, -0.1) is 11.3 Å². The summed E-state index contributed by atoms with van der Waals surface area (Å²) in [7, 11) is 0. The zero-order valence-electron chi connectivity index (χ0n) is 11.1. The lowest BCUT2D eigenvalue weighted by Gasteiger charge is -2.22. The van der Waals surface area contributed by atoms with Gasteiger partial charge in [0.05, 0.1) is 19.3 Å². The Labute approximate surface area is 113 Å². The zero-order valence-corrected chi connectivity index (χ0v) is 11.9. The summed E-state index contributed by atoms with van der Waals surface area (Å²) in [6.45, 7) is 5.49. The Morgan fingerprint density at radius 1 is 1.56 bits per heavy atom. The van der Waals surface area contributed by atoms with Crippen molar-refractivity contribution in [1.29, 1.82) is 0 Å². The van der Waals surface area contributed by atoms with Gasteiger partial charge in [-0.1, -0.05) is 6.07 Å². The molecule has 0 aromatic carbocycles. The van der Waals surface area contributed by atoms with Crippen LogP contribution in [0.2, 0.25) is 0 Å². The molecule has 1 aliphatic rings. The molecule has 2 atom stereocenters. The molecule has 1 aliphatic heterocycles. The monoisotopic (exact) mass is 269 g/mol. The fraction of sp³-hybridized carbons (Fsp3) is 0.714. The maximum Gasteiger partial charge on any atom is 0.0808 e. The molecule has 4 heteroatoms. The number of thiophene rings is 1. The highest BCUT2D eigenvalue weighted by molar-refractivity contribution is 7.10. The van der Waals surface area contributed by atoms with E-state index in [0.717, 1.165) is 32.8 Å². The summed E-state index contributed by atoms with van der Waals surface area (Å²) in [5, 5.41) is 5.58. The van der Waals surface area contributed by atoms with Crippen LogP contribution in [0.25, 0.3) is 0 Å². The molecule has 0 amide bonds. The summed E-state index contributed by atoms with van der Waals surface area (Å²) in [4.78, 5) is 1.38. The van der Waals surface area contributed by atoms with E-state index in [0.29, 0.717) is 12.1 Å². The Bertz CT molecular complexity index is 310. The summed E-state index contributed by atoms with van der Waals surface area (Å²) >= 11 is 1.79. The Hall–Kier alpha value is -0.420. The topological polar surface area (TPSA) is 30.5 Å². The van der Waals surface area contributed by atoms with Crippen LogP contribution in [-0.2, 0) is 9.47 Å². The van der Waals surface area contributed by atoms with Crippen LogP contribution < -0.4 is 5.32 Å². The van der Waals surface area contributed by atoms with Gasteiger partial charge < -0.3 is 14.8 Å². The van der Waals surface area contributed by atoms with E-state index in [1.807, 2.05) is 0 Å². The zero-order chi connectivity index (χ0) is 12.6. The number of rotatable bonds is 7. The van der Waals surface area contributed by atoms with Crippen LogP contribution in [0.3, 0.4) is 0 Å². The van der Waals surface area contributed by atoms with Crippen molar-refractivity contribution in [2.45, 2.75) is 38.3 Å². The van der Waals surface area contributed by atoms with Crippen LogP contribution in [0, 0.1) is 0 Å². The molecule has 3 nitrogen and oxygen atoms in total. The van der Waals surface area contributed by atoms with E-state index in [1.54, 1.807) is 11.3 Å². The van der Waals surface area contributed by atoms with Gasteiger partial charge in [-0.05, 0) is 37.6 Å². The van der Waals surface area contributed by atoms with Crippen LogP contribution in [0.5, 0.6) is 0 Å². The average molecular weight is 269 g/mol. The summed E-state index contributed by atoms with van der Waals surface area (Å²) in [6, 6.07) is 4.67. The first kappa shape index (κ1) is 14.0. The maximum absolute atomic E-state index is 5.66. The molecule has 1 saturated heterocycles. The van der Waals surface area contributed by atoms with Crippen molar-refractivity contribution in [3.63, 3.8) is 0 Å². The predicted molar refractivity (Wildman–Crippen MR) is 75.1 cm³/mol. The number of ether oxygens (including phenoxy) is 2. The lowest BCUT2D eigenvalue weighted by Crippen LogP contribution is -2.27. The van der Waals surface area contributed by atoms with Crippen molar-refractivity contribution in [3.05, 3.63) is 22.4 Å². The number of hydrogen-bond acceptors (Lipinski definition) is 4. The summed E-state index contributed by atoms with van der Waals surface area (Å²) in [5.74, 6) is 0. The fourth-order valence-electron chi connectivity index (χ4n) is 2.14. The first-order chi connectivity index (χ1) is 8.86. The Morgan fingerprint density at radius 3 is 3.22 bits per heavy atom. The molecule has 0 saturated carbocycles. The smallest absolute Gasteiger partial charge is 0.0808 e. The van der Waals surface area contributed by atoms with Crippen LogP contribution >= 0.6 is 11.3 Å². The largest absolute Gasteiger partial charge is 0.377 e. The summed E-state index contributed by atoms with van der Waals surface area (Å²) < 4.78 is 11.3. The van der Waals surface area contributed by atoms with E-state index in [-0.39, 0.29) is 0 Å². The lowest BCUT2D eigenvalue weighted by molar-refractivity contribution is -0.0400. The second-order valence-corrected chi connectivity index (χ2v) is 5.73. The number of hydrogen-bond donors (Lipinski definition) is 1. The molecule has 2 heterocycles. The van der Waals surface area contributed by atoms with Gasteiger partial charge in [0.25, 0.3) is 0 Å². The highest BCUT2D eigenvalue weighted by Crippen LogP contribution is 2.17.